The fourth-order valence-electron chi connectivity index (χ4n) is 4.45. The van der Waals surface area contributed by atoms with Crippen LogP contribution < -0.4 is 5.32 Å². The molecule has 4 aromatic rings. The average Bonchev–Trinajstić information content (AvgIpc) is 3.49. The molecule has 180 valence electrons. The van der Waals surface area contributed by atoms with E-state index in [9.17, 15) is 13.6 Å². The van der Waals surface area contributed by atoms with E-state index >= 15 is 0 Å². The predicted octanol–water partition coefficient (Wildman–Crippen LogP) is 4.37. The van der Waals surface area contributed by atoms with Crippen LogP contribution in [-0.4, -0.2) is 38.7 Å². The maximum absolute atomic E-state index is 14.0. The van der Waals surface area contributed by atoms with E-state index in [1.165, 1.54) is 5.56 Å². The summed E-state index contributed by atoms with van der Waals surface area (Å²) in [4.78, 5) is 14.9. The summed E-state index contributed by atoms with van der Waals surface area (Å²) in [6, 6.07) is 14.3. The summed E-state index contributed by atoms with van der Waals surface area (Å²) in [6.45, 7) is 4.74. The number of hydrogen-bond donors (Lipinski definition) is 1. The van der Waals surface area contributed by atoms with E-state index in [4.69, 9.17) is 4.42 Å². The van der Waals surface area contributed by atoms with Crippen molar-refractivity contribution in [2.24, 2.45) is 0 Å². The van der Waals surface area contributed by atoms with Gasteiger partial charge in [-0.1, -0.05) is 24.3 Å². The first-order chi connectivity index (χ1) is 17.0. The highest BCUT2D eigenvalue weighted by Crippen LogP contribution is 2.26. The molecule has 0 saturated heterocycles. The van der Waals surface area contributed by atoms with Crippen molar-refractivity contribution in [3.8, 4) is 11.3 Å². The van der Waals surface area contributed by atoms with Gasteiger partial charge in [0.15, 0.2) is 5.82 Å². The van der Waals surface area contributed by atoms with E-state index in [2.05, 4.69) is 32.5 Å². The molecular formula is C26H25F2N5O2. The Balaban J connectivity index is 1.28. The van der Waals surface area contributed by atoms with Gasteiger partial charge in [-0.15, -0.1) is 10.2 Å². The minimum atomic E-state index is -0.776. The first-order valence-corrected chi connectivity index (χ1v) is 11.5. The number of nitrogens with zero attached hydrogens (tertiary/aromatic N) is 4. The van der Waals surface area contributed by atoms with Crippen molar-refractivity contribution in [1.82, 2.24) is 25.0 Å². The Kier molecular flexibility index (Phi) is 6.41. The molecule has 35 heavy (non-hydrogen) atoms. The highest BCUT2D eigenvalue weighted by atomic mass is 19.1. The van der Waals surface area contributed by atoms with Crippen LogP contribution in [-0.2, 0) is 19.5 Å². The van der Waals surface area contributed by atoms with E-state index in [-0.39, 0.29) is 5.56 Å². The molecule has 9 heteroatoms. The Morgan fingerprint density at radius 3 is 2.77 bits per heavy atom. The lowest BCUT2D eigenvalue weighted by atomic mass is 10.0. The Labute approximate surface area is 201 Å². The van der Waals surface area contributed by atoms with Crippen molar-refractivity contribution < 1.29 is 18.0 Å². The molecule has 1 aliphatic heterocycles. The minimum absolute atomic E-state index is 0.339. The van der Waals surface area contributed by atoms with Gasteiger partial charge in [0.1, 0.15) is 23.2 Å². The van der Waals surface area contributed by atoms with Crippen molar-refractivity contribution in [3.63, 3.8) is 0 Å². The molecule has 7 nitrogen and oxygen atoms in total. The number of carbonyl (C=O) groups excluding carboxylic acids is 1. The van der Waals surface area contributed by atoms with Crippen LogP contribution in [0.5, 0.6) is 0 Å². The van der Waals surface area contributed by atoms with E-state index in [0.717, 1.165) is 55.0 Å². The fourth-order valence-corrected chi connectivity index (χ4v) is 4.45. The molecule has 0 fully saturated rings. The molecule has 5 rings (SSSR count). The van der Waals surface area contributed by atoms with Crippen LogP contribution in [0.15, 0.2) is 65.3 Å². The number of fused-ring (bicyclic) bond motifs is 1. The Morgan fingerprint density at radius 1 is 1.09 bits per heavy atom. The Bertz CT molecular complexity index is 1340. The second-order valence-corrected chi connectivity index (χ2v) is 8.61. The Hall–Kier alpha value is -3.85. The number of hydrogen-bond acceptors (Lipinski definition) is 5. The van der Waals surface area contributed by atoms with Gasteiger partial charge in [0, 0.05) is 38.2 Å². The zero-order chi connectivity index (χ0) is 24.4. The first-order valence-electron chi connectivity index (χ1n) is 11.5. The average molecular weight is 478 g/mol. The summed E-state index contributed by atoms with van der Waals surface area (Å²) in [5.41, 5.74) is 1.91. The third kappa shape index (κ3) is 4.85. The van der Waals surface area contributed by atoms with Crippen LogP contribution in [0.4, 0.5) is 8.78 Å². The summed E-state index contributed by atoms with van der Waals surface area (Å²) < 4.78 is 35.1. The van der Waals surface area contributed by atoms with Gasteiger partial charge in [-0.25, -0.2) is 8.78 Å². The van der Waals surface area contributed by atoms with Crippen molar-refractivity contribution >= 4 is 5.91 Å². The van der Waals surface area contributed by atoms with Gasteiger partial charge in [0.05, 0.1) is 17.9 Å². The number of amides is 1. The van der Waals surface area contributed by atoms with E-state index < -0.39 is 23.6 Å². The van der Waals surface area contributed by atoms with Gasteiger partial charge in [0.2, 0.25) is 0 Å². The molecule has 0 saturated carbocycles. The molecule has 0 radical (unpaired) electrons. The zero-order valence-corrected chi connectivity index (χ0v) is 19.2. The molecule has 1 unspecified atom stereocenters. The van der Waals surface area contributed by atoms with E-state index in [1.54, 1.807) is 13.2 Å². The monoisotopic (exact) mass is 477 g/mol. The molecule has 1 aliphatic rings. The summed E-state index contributed by atoms with van der Waals surface area (Å²) in [7, 11) is 0. The predicted molar refractivity (Wildman–Crippen MR) is 125 cm³/mol. The van der Waals surface area contributed by atoms with Crippen molar-refractivity contribution in [2.45, 2.75) is 32.5 Å². The number of rotatable bonds is 6. The highest BCUT2D eigenvalue weighted by Gasteiger charge is 2.24. The van der Waals surface area contributed by atoms with Gasteiger partial charge >= 0.3 is 0 Å². The summed E-state index contributed by atoms with van der Waals surface area (Å²) in [6.07, 6.45) is 2.38. The quantitative estimate of drug-likeness (QED) is 0.447. The third-order valence-electron chi connectivity index (χ3n) is 6.25. The lowest BCUT2D eigenvalue weighted by molar-refractivity contribution is 0.0933. The van der Waals surface area contributed by atoms with Gasteiger partial charge in [-0.05, 0) is 42.8 Å². The zero-order valence-electron chi connectivity index (χ0n) is 19.2. The Morgan fingerprint density at radius 2 is 1.94 bits per heavy atom. The van der Waals surface area contributed by atoms with Gasteiger partial charge in [-0.3, -0.25) is 9.69 Å². The van der Waals surface area contributed by atoms with Crippen molar-refractivity contribution in [3.05, 3.63) is 95.3 Å². The lowest BCUT2D eigenvalue weighted by Gasteiger charge is -2.21. The second kappa shape index (κ2) is 9.79. The standard InChI is InChI=1S/C26H25F2N5O2/c1-17(29-26(34)21-15-19(27)8-9-22(21)28)25-31-30-24-10-11-32(12-13-33(24)25)16-18-5-2-3-6-20(18)23-7-4-14-35-23/h2-9,14-15,17H,10-13,16H2,1H3,(H,29,34). The molecule has 0 spiro atoms. The third-order valence-corrected chi connectivity index (χ3v) is 6.25. The number of halogens is 2. The van der Waals surface area contributed by atoms with Crippen LogP contribution in [0.2, 0.25) is 0 Å². The SMILES string of the molecule is CC(NC(=O)c1cc(F)ccc1F)c1nnc2n1CCN(Cc1ccccc1-c1ccco1)CC2. The molecule has 0 bridgehead atoms. The van der Waals surface area contributed by atoms with E-state index in [1.807, 2.05) is 28.8 Å². The molecular weight excluding hydrogens is 452 g/mol. The molecule has 2 aromatic carbocycles. The summed E-state index contributed by atoms with van der Waals surface area (Å²) >= 11 is 0. The molecule has 2 aromatic heterocycles. The smallest absolute Gasteiger partial charge is 0.254 e. The maximum atomic E-state index is 14.0. The second-order valence-electron chi connectivity index (χ2n) is 8.61. The minimum Gasteiger partial charge on any atom is -0.464 e. The number of furan rings is 1. The van der Waals surface area contributed by atoms with Crippen LogP contribution in [0, 0.1) is 11.6 Å². The van der Waals surface area contributed by atoms with Crippen molar-refractivity contribution in [1.29, 1.82) is 0 Å². The van der Waals surface area contributed by atoms with E-state index in [0.29, 0.717) is 18.8 Å². The maximum Gasteiger partial charge on any atom is 0.254 e. The van der Waals surface area contributed by atoms with Crippen LogP contribution in [0.25, 0.3) is 11.3 Å². The topological polar surface area (TPSA) is 76.2 Å². The van der Waals surface area contributed by atoms with Gasteiger partial charge in [0.25, 0.3) is 5.91 Å². The summed E-state index contributed by atoms with van der Waals surface area (Å²) in [5.74, 6) is 0.115. The molecule has 1 amide bonds. The van der Waals surface area contributed by atoms with Gasteiger partial charge < -0.3 is 14.3 Å². The number of benzene rings is 2. The lowest BCUT2D eigenvalue weighted by Crippen LogP contribution is -2.30. The highest BCUT2D eigenvalue weighted by molar-refractivity contribution is 5.94. The van der Waals surface area contributed by atoms with Crippen molar-refractivity contribution in [2.75, 3.05) is 13.1 Å². The van der Waals surface area contributed by atoms with Crippen LogP contribution in [0.3, 0.4) is 0 Å². The first kappa shape index (κ1) is 22.9. The van der Waals surface area contributed by atoms with Crippen LogP contribution in [0.1, 0.15) is 40.5 Å². The molecule has 3 heterocycles. The molecule has 1 N–H and O–H groups in total. The molecule has 1 atom stereocenters. The number of carbonyl (C=O) groups is 1. The largest absolute Gasteiger partial charge is 0.464 e. The fraction of sp³-hybridized carbons (Fsp3) is 0.269. The summed E-state index contributed by atoms with van der Waals surface area (Å²) in [5, 5.41) is 11.3. The molecule has 0 aliphatic carbocycles. The normalized spacial score (nSPS) is 14.8. The van der Waals surface area contributed by atoms with Crippen LogP contribution >= 0.6 is 0 Å². The number of aromatic nitrogens is 3. The van der Waals surface area contributed by atoms with Gasteiger partial charge in [-0.2, -0.15) is 0 Å². The number of nitrogens with one attached hydrogen (secondary N) is 1.